The first-order chi connectivity index (χ1) is 10.2. The number of methoxy groups -OCH3 is 2. The third kappa shape index (κ3) is 3.48. The van der Waals surface area contributed by atoms with Crippen molar-refractivity contribution >= 4 is 28.8 Å². The van der Waals surface area contributed by atoms with Gasteiger partial charge >= 0.3 is 11.9 Å². The molecule has 108 valence electrons. The van der Waals surface area contributed by atoms with Crippen molar-refractivity contribution < 1.29 is 19.1 Å². The molecule has 0 fully saturated rings. The lowest BCUT2D eigenvalue weighted by atomic mass is 10.0. The Morgan fingerprint density at radius 3 is 2.19 bits per heavy atom. The van der Waals surface area contributed by atoms with Gasteiger partial charge in [0, 0.05) is 0 Å². The highest BCUT2D eigenvalue weighted by Crippen LogP contribution is 2.17. The number of carbonyl (C=O) groups excluding carboxylic acids is 2. The zero-order valence-corrected chi connectivity index (χ0v) is 11.9. The molecule has 0 aliphatic rings. The van der Waals surface area contributed by atoms with E-state index in [0.717, 1.165) is 16.3 Å². The Labute approximate surface area is 123 Å². The number of hydrogen-bond donors (Lipinski definition) is 0. The number of rotatable bonds is 4. The second-order valence-electron chi connectivity index (χ2n) is 4.49. The zero-order chi connectivity index (χ0) is 15.2. The molecular weight excluding hydrogens is 268 g/mol. The molecule has 0 amide bonds. The molecule has 0 atom stereocenters. The van der Waals surface area contributed by atoms with Gasteiger partial charge in [-0.3, -0.25) is 9.59 Å². The quantitative estimate of drug-likeness (QED) is 0.640. The van der Waals surface area contributed by atoms with Crippen LogP contribution in [0.3, 0.4) is 0 Å². The summed E-state index contributed by atoms with van der Waals surface area (Å²) < 4.78 is 9.21. The lowest BCUT2D eigenvalue weighted by Crippen LogP contribution is -2.24. The number of fused-ring (bicyclic) bond motifs is 1. The second kappa shape index (κ2) is 6.70. The molecule has 4 heteroatoms. The lowest BCUT2D eigenvalue weighted by Gasteiger charge is -2.07. The lowest BCUT2D eigenvalue weighted by molar-refractivity contribution is -0.156. The van der Waals surface area contributed by atoms with Gasteiger partial charge in [-0.2, -0.15) is 0 Å². The van der Waals surface area contributed by atoms with E-state index in [1.165, 1.54) is 20.3 Å². The topological polar surface area (TPSA) is 52.6 Å². The summed E-state index contributed by atoms with van der Waals surface area (Å²) in [5, 5.41) is 2.22. The monoisotopic (exact) mass is 284 g/mol. The fourth-order valence-electron chi connectivity index (χ4n) is 2.03. The van der Waals surface area contributed by atoms with Gasteiger partial charge in [-0.25, -0.2) is 0 Å². The number of esters is 2. The Kier molecular flexibility index (Phi) is 4.72. The summed E-state index contributed by atoms with van der Waals surface area (Å²) >= 11 is 0. The molecule has 0 aliphatic heterocycles. The van der Waals surface area contributed by atoms with E-state index in [1.807, 2.05) is 42.5 Å². The van der Waals surface area contributed by atoms with E-state index in [-0.39, 0.29) is 0 Å². The Bertz CT molecular complexity index is 672. The average molecular weight is 284 g/mol. The third-order valence-corrected chi connectivity index (χ3v) is 3.16. The van der Waals surface area contributed by atoms with E-state index < -0.39 is 17.9 Å². The molecule has 0 unspecified atom stereocenters. The Morgan fingerprint density at radius 2 is 1.57 bits per heavy atom. The van der Waals surface area contributed by atoms with Gasteiger partial charge < -0.3 is 9.47 Å². The number of carbonyl (C=O) groups is 2. The van der Waals surface area contributed by atoms with Crippen molar-refractivity contribution in [1.29, 1.82) is 0 Å². The first-order valence-corrected chi connectivity index (χ1v) is 6.48. The summed E-state index contributed by atoms with van der Waals surface area (Å²) in [6.07, 6.45) is 3.20. The Morgan fingerprint density at radius 1 is 0.952 bits per heavy atom. The van der Waals surface area contributed by atoms with Crippen LogP contribution in [0.1, 0.15) is 5.56 Å². The normalized spacial score (nSPS) is 11.0. The summed E-state index contributed by atoms with van der Waals surface area (Å²) in [5.74, 6) is -2.33. The molecule has 2 aromatic rings. The van der Waals surface area contributed by atoms with Gasteiger partial charge in [0.2, 0.25) is 0 Å². The molecule has 0 saturated heterocycles. The SMILES string of the molecule is COC(=O)C(/C=C/c1ccc2ccccc2c1)C(=O)OC. The molecule has 0 saturated carbocycles. The van der Waals surface area contributed by atoms with E-state index in [4.69, 9.17) is 0 Å². The summed E-state index contributed by atoms with van der Waals surface area (Å²) in [6, 6.07) is 13.9. The maximum absolute atomic E-state index is 11.6. The van der Waals surface area contributed by atoms with E-state index in [1.54, 1.807) is 6.08 Å². The molecule has 0 aliphatic carbocycles. The predicted molar refractivity (Wildman–Crippen MR) is 80.5 cm³/mol. The van der Waals surface area contributed by atoms with E-state index >= 15 is 0 Å². The summed E-state index contributed by atoms with van der Waals surface area (Å²) in [4.78, 5) is 23.1. The molecule has 21 heavy (non-hydrogen) atoms. The van der Waals surface area contributed by atoms with Gasteiger partial charge in [-0.1, -0.05) is 48.6 Å². The molecule has 0 heterocycles. The zero-order valence-electron chi connectivity index (χ0n) is 11.9. The van der Waals surface area contributed by atoms with Crippen LogP contribution in [0.4, 0.5) is 0 Å². The summed E-state index contributed by atoms with van der Waals surface area (Å²) in [5.41, 5.74) is 0.895. The highest BCUT2D eigenvalue weighted by molar-refractivity contribution is 5.97. The smallest absolute Gasteiger partial charge is 0.323 e. The molecule has 2 rings (SSSR count). The fraction of sp³-hybridized carbons (Fsp3) is 0.176. The van der Waals surface area contributed by atoms with Crippen molar-refractivity contribution in [3.05, 3.63) is 54.1 Å². The summed E-state index contributed by atoms with van der Waals surface area (Å²) in [7, 11) is 2.48. The molecule has 0 N–H and O–H groups in total. The largest absolute Gasteiger partial charge is 0.468 e. The Balaban J connectivity index is 2.27. The van der Waals surface area contributed by atoms with Crippen molar-refractivity contribution in [3.63, 3.8) is 0 Å². The van der Waals surface area contributed by atoms with Crippen LogP contribution >= 0.6 is 0 Å². The van der Waals surface area contributed by atoms with E-state index in [2.05, 4.69) is 9.47 Å². The van der Waals surface area contributed by atoms with Crippen LogP contribution in [0.15, 0.2) is 48.5 Å². The van der Waals surface area contributed by atoms with Crippen molar-refractivity contribution in [2.45, 2.75) is 0 Å². The van der Waals surface area contributed by atoms with Crippen LogP contribution in [0.2, 0.25) is 0 Å². The molecule has 2 aromatic carbocycles. The maximum Gasteiger partial charge on any atom is 0.323 e. The van der Waals surface area contributed by atoms with Crippen molar-refractivity contribution in [1.82, 2.24) is 0 Å². The van der Waals surface area contributed by atoms with E-state index in [0.29, 0.717) is 0 Å². The van der Waals surface area contributed by atoms with Crippen LogP contribution in [0.5, 0.6) is 0 Å². The standard InChI is InChI=1S/C17H16O4/c1-20-16(18)15(17(19)21-2)10-8-12-7-9-13-5-3-4-6-14(13)11-12/h3-11,15H,1-2H3/b10-8+. The second-order valence-corrected chi connectivity index (χ2v) is 4.49. The van der Waals surface area contributed by atoms with Gasteiger partial charge in [0.05, 0.1) is 14.2 Å². The predicted octanol–water partition coefficient (Wildman–Crippen LogP) is 2.82. The molecule has 0 spiro atoms. The highest BCUT2D eigenvalue weighted by atomic mass is 16.5. The number of benzene rings is 2. The van der Waals surface area contributed by atoms with Gasteiger partial charge in [0.1, 0.15) is 0 Å². The van der Waals surface area contributed by atoms with Crippen molar-refractivity contribution in [2.24, 2.45) is 5.92 Å². The molecule has 0 radical (unpaired) electrons. The molecular formula is C17H16O4. The number of ether oxygens (including phenoxy) is 2. The molecule has 4 nitrogen and oxygen atoms in total. The maximum atomic E-state index is 11.6. The van der Waals surface area contributed by atoms with Crippen LogP contribution in [0, 0.1) is 5.92 Å². The molecule has 0 aromatic heterocycles. The first kappa shape index (κ1) is 14.8. The Hall–Kier alpha value is -2.62. The van der Waals surface area contributed by atoms with Gasteiger partial charge in [0.25, 0.3) is 0 Å². The minimum atomic E-state index is -1.05. The summed E-state index contributed by atoms with van der Waals surface area (Å²) in [6.45, 7) is 0. The van der Waals surface area contributed by atoms with Crippen LogP contribution < -0.4 is 0 Å². The van der Waals surface area contributed by atoms with Crippen LogP contribution in [0.25, 0.3) is 16.8 Å². The van der Waals surface area contributed by atoms with E-state index in [9.17, 15) is 9.59 Å². The highest BCUT2D eigenvalue weighted by Gasteiger charge is 2.25. The van der Waals surface area contributed by atoms with Crippen molar-refractivity contribution in [2.75, 3.05) is 14.2 Å². The van der Waals surface area contributed by atoms with Gasteiger partial charge in [0.15, 0.2) is 5.92 Å². The molecule has 0 bridgehead atoms. The van der Waals surface area contributed by atoms with Crippen LogP contribution in [-0.4, -0.2) is 26.2 Å². The minimum Gasteiger partial charge on any atom is -0.468 e. The minimum absolute atomic E-state index is 0.640. The first-order valence-electron chi connectivity index (χ1n) is 6.48. The third-order valence-electron chi connectivity index (χ3n) is 3.16. The van der Waals surface area contributed by atoms with Crippen molar-refractivity contribution in [3.8, 4) is 0 Å². The average Bonchev–Trinajstić information content (AvgIpc) is 2.54. The number of hydrogen-bond acceptors (Lipinski definition) is 4. The van der Waals surface area contributed by atoms with Gasteiger partial charge in [-0.05, 0) is 22.4 Å². The van der Waals surface area contributed by atoms with Gasteiger partial charge in [-0.15, -0.1) is 0 Å². The fourth-order valence-corrected chi connectivity index (χ4v) is 2.03. The van der Waals surface area contributed by atoms with Crippen LogP contribution in [-0.2, 0) is 19.1 Å².